The molecule has 1 aromatic carbocycles. The van der Waals surface area contributed by atoms with Gasteiger partial charge >= 0.3 is 5.97 Å². The molecule has 0 aliphatic heterocycles. The molecule has 2 aromatic rings. The van der Waals surface area contributed by atoms with E-state index in [-0.39, 0.29) is 22.2 Å². The van der Waals surface area contributed by atoms with E-state index < -0.39 is 11.9 Å². The molecule has 0 saturated carbocycles. The van der Waals surface area contributed by atoms with Crippen molar-refractivity contribution in [2.24, 2.45) is 0 Å². The van der Waals surface area contributed by atoms with Gasteiger partial charge in [0.15, 0.2) is 5.76 Å². The maximum atomic E-state index is 11.9. The Balaban J connectivity index is 2.23. The summed E-state index contributed by atoms with van der Waals surface area (Å²) in [4.78, 5) is 22.5. The maximum Gasteiger partial charge on any atom is 0.371 e. The highest BCUT2D eigenvalue weighted by molar-refractivity contribution is 6.33. The Hall–Kier alpha value is -2.78. The van der Waals surface area contributed by atoms with E-state index in [1.54, 1.807) is 0 Å². The minimum Gasteiger partial charge on any atom is -0.475 e. The van der Waals surface area contributed by atoms with Crippen molar-refractivity contribution in [3.63, 3.8) is 0 Å². The maximum absolute atomic E-state index is 11.9. The number of anilines is 1. The first-order valence-corrected chi connectivity index (χ1v) is 5.73. The number of carbonyl (C=O) groups is 2. The molecule has 0 bridgehead atoms. The van der Waals surface area contributed by atoms with Gasteiger partial charge in [-0.05, 0) is 30.3 Å². The predicted octanol–water partition coefficient (Wildman–Crippen LogP) is 2.76. The average Bonchev–Trinajstić information content (AvgIpc) is 2.91. The second kappa shape index (κ2) is 5.47. The molecule has 6 nitrogen and oxygen atoms in total. The van der Waals surface area contributed by atoms with Gasteiger partial charge in [0.05, 0.1) is 22.3 Å². The van der Waals surface area contributed by atoms with E-state index in [4.69, 9.17) is 26.4 Å². The molecule has 0 fully saturated rings. The number of carboxylic acid groups (broad SMARTS) is 1. The minimum atomic E-state index is -1.27. The molecule has 0 radical (unpaired) electrons. The molecule has 0 saturated heterocycles. The lowest BCUT2D eigenvalue weighted by Crippen LogP contribution is -2.11. The van der Waals surface area contributed by atoms with E-state index in [1.807, 2.05) is 6.07 Å². The number of carbonyl (C=O) groups excluding carboxylic acids is 1. The van der Waals surface area contributed by atoms with Crippen LogP contribution in [0.25, 0.3) is 0 Å². The van der Waals surface area contributed by atoms with Crippen LogP contribution in [0.15, 0.2) is 34.7 Å². The van der Waals surface area contributed by atoms with Crippen LogP contribution in [-0.4, -0.2) is 17.0 Å². The number of hydrogen-bond donors (Lipinski definition) is 2. The second-order valence-electron chi connectivity index (χ2n) is 3.73. The molecule has 0 aliphatic carbocycles. The number of carboxylic acids is 1. The molecule has 7 heteroatoms. The summed E-state index contributed by atoms with van der Waals surface area (Å²) in [6, 6.07) is 8.71. The number of furan rings is 1. The number of nitrogens with one attached hydrogen (secondary N) is 1. The third-order valence-electron chi connectivity index (χ3n) is 2.38. The van der Waals surface area contributed by atoms with Crippen LogP contribution in [0.1, 0.15) is 26.7 Å². The lowest BCUT2D eigenvalue weighted by Gasteiger charge is -2.05. The number of nitrogens with zero attached hydrogens (tertiary/aromatic N) is 1. The van der Waals surface area contributed by atoms with Crippen LogP contribution in [0, 0.1) is 11.3 Å². The zero-order valence-corrected chi connectivity index (χ0v) is 10.6. The van der Waals surface area contributed by atoms with E-state index in [1.165, 1.54) is 30.3 Å². The zero-order chi connectivity index (χ0) is 14.7. The van der Waals surface area contributed by atoms with Gasteiger partial charge in [-0.1, -0.05) is 11.6 Å². The third-order valence-corrected chi connectivity index (χ3v) is 2.71. The number of amides is 1. The highest BCUT2D eigenvalue weighted by atomic mass is 35.5. The molecule has 2 N–H and O–H groups in total. The Bertz CT molecular complexity index is 730. The fourth-order valence-corrected chi connectivity index (χ4v) is 1.61. The van der Waals surface area contributed by atoms with Crippen molar-refractivity contribution in [2.45, 2.75) is 0 Å². The summed E-state index contributed by atoms with van der Waals surface area (Å²) in [5.41, 5.74) is 0.569. The Labute approximate surface area is 118 Å². The van der Waals surface area contributed by atoms with Gasteiger partial charge in [-0.2, -0.15) is 5.26 Å². The van der Waals surface area contributed by atoms with Gasteiger partial charge in [-0.25, -0.2) is 4.79 Å². The summed E-state index contributed by atoms with van der Waals surface area (Å²) in [6.07, 6.45) is 0. The van der Waals surface area contributed by atoms with Gasteiger partial charge in [0.1, 0.15) is 0 Å². The predicted molar refractivity (Wildman–Crippen MR) is 69.8 cm³/mol. The van der Waals surface area contributed by atoms with Gasteiger partial charge in [0.25, 0.3) is 5.91 Å². The lowest BCUT2D eigenvalue weighted by molar-refractivity contribution is 0.0660. The Morgan fingerprint density at radius 1 is 1.25 bits per heavy atom. The largest absolute Gasteiger partial charge is 0.475 e. The number of rotatable bonds is 3. The van der Waals surface area contributed by atoms with E-state index in [2.05, 4.69) is 5.32 Å². The SMILES string of the molecule is N#Cc1ccc(Cl)c(NC(=O)c2ccc(C(=O)O)o2)c1. The molecule has 0 spiro atoms. The van der Waals surface area contributed by atoms with Crippen molar-refractivity contribution in [1.29, 1.82) is 5.26 Å². The molecular formula is C13H7ClN2O4. The molecule has 0 atom stereocenters. The van der Waals surface area contributed by atoms with E-state index in [9.17, 15) is 9.59 Å². The lowest BCUT2D eigenvalue weighted by atomic mass is 10.2. The molecule has 2 rings (SSSR count). The van der Waals surface area contributed by atoms with Gasteiger partial charge in [0, 0.05) is 0 Å². The highest BCUT2D eigenvalue weighted by Gasteiger charge is 2.16. The Morgan fingerprint density at radius 3 is 2.55 bits per heavy atom. The third kappa shape index (κ3) is 2.79. The minimum absolute atomic E-state index is 0.166. The molecule has 1 aromatic heterocycles. The molecule has 0 aliphatic rings. The van der Waals surface area contributed by atoms with Crippen molar-refractivity contribution >= 4 is 29.2 Å². The smallest absolute Gasteiger partial charge is 0.371 e. The number of benzene rings is 1. The first-order chi connectivity index (χ1) is 9.51. The number of nitriles is 1. The summed E-state index contributed by atoms with van der Waals surface area (Å²) in [5.74, 6) is -2.43. The second-order valence-corrected chi connectivity index (χ2v) is 4.14. The normalized spacial score (nSPS) is 9.80. The quantitative estimate of drug-likeness (QED) is 0.904. The molecule has 1 amide bonds. The molecule has 100 valence electrons. The van der Waals surface area contributed by atoms with Crippen molar-refractivity contribution in [3.8, 4) is 6.07 Å². The van der Waals surface area contributed by atoms with Gasteiger partial charge in [-0.15, -0.1) is 0 Å². The topological polar surface area (TPSA) is 103 Å². The van der Waals surface area contributed by atoms with Gasteiger partial charge in [0.2, 0.25) is 5.76 Å². The van der Waals surface area contributed by atoms with Crippen LogP contribution in [0.5, 0.6) is 0 Å². The average molecular weight is 291 g/mol. The van der Waals surface area contributed by atoms with Crippen LogP contribution in [-0.2, 0) is 0 Å². The Morgan fingerprint density at radius 2 is 1.95 bits per heavy atom. The van der Waals surface area contributed by atoms with Crippen LogP contribution in [0.2, 0.25) is 5.02 Å². The summed E-state index contributed by atoms with van der Waals surface area (Å²) < 4.78 is 4.86. The first-order valence-electron chi connectivity index (χ1n) is 5.35. The van der Waals surface area contributed by atoms with Crippen molar-refractivity contribution in [2.75, 3.05) is 5.32 Å². The fraction of sp³-hybridized carbons (Fsp3) is 0. The standard InChI is InChI=1S/C13H7ClN2O4/c14-8-2-1-7(6-15)5-9(8)16-12(17)10-3-4-11(20-10)13(18)19/h1-5H,(H,16,17)(H,18,19). The summed E-state index contributed by atoms with van der Waals surface area (Å²) in [7, 11) is 0. The summed E-state index contributed by atoms with van der Waals surface area (Å²) in [5, 5.41) is 20.2. The zero-order valence-electron chi connectivity index (χ0n) is 9.88. The molecule has 0 unspecified atom stereocenters. The van der Waals surface area contributed by atoms with E-state index >= 15 is 0 Å². The van der Waals surface area contributed by atoms with Crippen molar-refractivity contribution in [1.82, 2.24) is 0 Å². The van der Waals surface area contributed by atoms with Crippen LogP contribution in [0.4, 0.5) is 5.69 Å². The van der Waals surface area contributed by atoms with Crippen LogP contribution in [0.3, 0.4) is 0 Å². The fourth-order valence-electron chi connectivity index (χ4n) is 1.45. The van der Waals surface area contributed by atoms with Crippen LogP contribution >= 0.6 is 11.6 Å². The van der Waals surface area contributed by atoms with Gasteiger partial charge in [-0.3, -0.25) is 4.79 Å². The first kappa shape index (κ1) is 13.6. The van der Waals surface area contributed by atoms with Crippen molar-refractivity contribution in [3.05, 3.63) is 52.4 Å². The van der Waals surface area contributed by atoms with Gasteiger partial charge < -0.3 is 14.8 Å². The number of aromatic carboxylic acids is 1. The monoisotopic (exact) mass is 290 g/mol. The highest BCUT2D eigenvalue weighted by Crippen LogP contribution is 2.23. The van der Waals surface area contributed by atoms with Crippen molar-refractivity contribution < 1.29 is 19.1 Å². The number of halogens is 1. The summed E-state index contributed by atoms with van der Waals surface area (Å²) in [6.45, 7) is 0. The summed E-state index contributed by atoms with van der Waals surface area (Å²) >= 11 is 5.89. The Kier molecular flexibility index (Phi) is 3.73. The van der Waals surface area contributed by atoms with E-state index in [0.29, 0.717) is 5.56 Å². The molecule has 20 heavy (non-hydrogen) atoms. The van der Waals surface area contributed by atoms with Crippen LogP contribution < -0.4 is 5.32 Å². The molecular weight excluding hydrogens is 284 g/mol. The molecule has 1 heterocycles. The number of hydrogen-bond acceptors (Lipinski definition) is 4. The van der Waals surface area contributed by atoms with E-state index in [0.717, 1.165) is 0 Å².